The molecule has 45 heavy (non-hydrogen) atoms. The summed E-state index contributed by atoms with van der Waals surface area (Å²) in [7, 11) is -2.27. The number of aliphatic hydroxyl groups excluding tert-OH is 1. The summed E-state index contributed by atoms with van der Waals surface area (Å²) in [4.78, 5) is 16.8. The maximum Gasteiger partial charge on any atom is 0.248 e. The minimum atomic E-state index is -3.74. The van der Waals surface area contributed by atoms with Crippen LogP contribution >= 0.6 is 0 Å². The molecule has 3 fully saturated rings. The number of nitrogens with one attached hydrogen (secondary N) is 1. The number of carbonyl (C=O) groups is 1. The van der Waals surface area contributed by atoms with Crippen LogP contribution in [-0.2, 0) is 20.2 Å². The van der Waals surface area contributed by atoms with E-state index < -0.39 is 52.4 Å². The Balaban J connectivity index is 1.25. The third kappa shape index (κ3) is 5.25. The normalized spacial score (nSPS) is 21.4. The summed E-state index contributed by atoms with van der Waals surface area (Å²) in [5.41, 5.74) is 2.33. The molecule has 240 valence electrons. The summed E-state index contributed by atoms with van der Waals surface area (Å²) in [5, 5.41) is 17.8. The molecule has 1 aromatic heterocycles. The highest BCUT2D eigenvalue weighted by molar-refractivity contribution is 7.92. The number of amides is 1. The molecule has 1 amide bonds. The van der Waals surface area contributed by atoms with E-state index in [1.165, 1.54) is 35.5 Å². The Morgan fingerprint density at radius 3 is 2.38 bits per heavy atom. The van der Waals surface area contributed by atoms with Crippen molar-refractivity contribution >= 4 is 33.0 Å². The van der Waals surface area contributed by atoms with E-state index >= 15 is 4.39 Å². The second-order valence-corrected chi connectivity index (χ2v) is 14.9. The van der Waals surface area contributed by atoms with Gasteiger partial charge in [0.15, 0.2) is 0 Å². The largest absolute Gasteiger partial charge is 0.395 e. The molecule has 3 aromatic rings. The number of carbonyl (C=O) groups excluding carboxylic acids is 1. The predicted octanol–water partition coefficient (Wildman–Crippen LogP) is 4.61. The van der Waals surface area contributed by atoms with Gasteiger partial charge >= 0.3 is 0 Å². The molecule has 2 saturated carbocycles. The Labute approximate surface area is 259 Å². The van der Waals surface area contributed by atoms with E-state index in [1.807, 2.05) is 0 Å². The maximum atomic E-state index is 15.6. The number of nitrogens with zero attached hydrogens (tertiary/aromatic N) is 5. The van der Waals surface area contributed by atoms with Crippen molar-refractivity contribution < 1.29 is 31.5 Å². The lowest BCUT2D eigenvalue weighted by molar-refractivity contribution is -0.127. The first-order chi connectivity index (χ1) is 21.3. The summed E-state index contributed by atoms with van der Waals surface area (Å²) in [6, 6.07) is 8.06. The minimum absolute atomic E-state index is 0.0729. The smallest absolute Gasteiger partial charge is 0.248 e. The van der Waals surface area contributed by atoms with E-state index in [4.69, 9.17) is 5.11 Å². The zero-order valence-corrected chi connectivity index (χ0v) is 25.7. The van der Waals surface area contributed by atoms with Crippen LogP contribution < -0.4 is 14.5 Å². The van der Waals surface area contributed by atoms with Crippen molar-refractivity contribution in [3.8, 4) is 16.9 Å². The highest BCUT2D eigenvalue weighted by Crippen LogP contribution is 2.55. The van der Waals surface area contributed by atoms with Gasteiger partial charge in [-0.05, 0) is 73.8 Å². The van der Waals surface area contributed by atoms with Gasteiger partial charge in [-0.15, -0.1) is 5.10 Å². The fourth-order valence-corrected chi connectivity index (χ4v) is 8.15. The van der Waals surface area contributed by atoms with Gasteiger partial charge in [-0.25, -0.2) is 26.3 Å². The number of halogens is 3. The molecule has 0 bridgehead atoms. The number of fused-ring (bicyclic) bond motifs is 2. The lowest BCUT2D eigenvalue weighted by Crippen LogP contribution is -2.44. The lowest BCUT2D eigenvalue weighted by Gasteiger charge is -2.36. The second kappa shape index (κ2) is 10.4. The van der Waals surface area contributed by atoms with Crippen molar-refractivity contribution in [2.45, 2.75) is 62.7 Å². The predicted molar refractivity (Wildman–Crippen MR) is 163 cm³/mol. The Kier molecular flexibility index (Phi) is 6.97. The van der Waals surface area contributed by atoms with Crippen LogP contribution in [0.3, 0.4) is 0 Å². The number of aromatic nitrogens is 3. The highest BCUT2D eigenvalue weighted by Gasteiger charge is 2.55. The fourth-order valence-electron chi connectivity index (χ4n) is 7.32. The Morgan fingerprint density at radius 1 is 1.00 bits per heavy atom. The molecule has 10 nitrogen and oxygen atoms in total. The molecule has 3 heterocycles. The van der Waals surface area contributed by atoms with Crippen molar-refractivity contribution in [3.63, 3.8) is 0 Å². The van der Waals surface area contributed by atoms with Gasteiger partial charge in [0, 0.05) is 50.3 Å². The number of benzene rings is 2. The molecule has 1 saturated heterocycles. The molecular formula is C31H35F3N6O4S. The van der Waals surface area contributed by atoms with Gasteiger partial charge in [0.1, 0.15) is 11.5 Å². The van der Waals surface area contributed by atoms with E-state index in [2.05, 4.69) is 19.9 Å². The SMILES string of the molecule is CN1C(=O)C2(CCC(F)(F)CC2)c2cc(-n3cc(-c4ccc(NS(=O)(=O)CCO)cc4N4CCC5(CC4)CC5)nn3)cc(F)c21. The first-order valence-electron chi connectivity index (χ1n) is 15.3. The molecule has 4 aliphatic rings. The third-order valence-electron chi connectivity index (χ3n) is 10.2. The minimum Gasteiger partial charge on any atom is -0.395 e. The molecule has 7 rings (SSSR count). The van der Waals surface area contributed by atoms with Crippen LogP contribution in [-0.4, -0.2) is 72.8 Å². The van der Waals surface area contributed by atoms with Crippen LogP contribution in [0.25, 0.3) is 16.9 Å². The van der Waals surface area contributed by atoms with Crippen molar-refractivity contribution in [2.24, 2.45) is 5.41 Å². The molecule has 2 spiro atoms. The standard InChI is InChI=1S/C31H35F3N6O4S/c1-38-27-23(30(28(38)42)6-8-31(33,34)9-7-30)17-21(18-24(27)32)40-19-25(35-37-40)22-3-2-20(36-45(43,44)15-14-41)16-26(22)39-12-10-29(4-5-29)11-13-39/h2-3,16-19,36,41H,4-15H2,1H3. The number of likely N-dealkylation sites (N-methyl/N-ethyl adjacent to an activating group) is 1. The summed E-state index contributed by atoms with van der Waals surface area (Å²) in [6.45, 7) is 1.10. The number of rotatable bonds is 7. The van der Waals surface area contributed by atoms with Crippen LogP contribution in [0, 0.1) is 11.2 Å². The highest BCUT2D eigenvalue weighted by atomic mass is 32.2. The van der Waals surface area contributed by atoms with Crippen molar-refractivity contribution in [1.82, 2.24) is 15.0 Å². The number of aliphatic hydroxyl groups is 1. The topological polar surface area (TPSA) is 121 Å². The van der Waals surface area contributed by atoms with Crippen LogP contribution in [0.1, 0.15) is 56.9 Å². The molecule has 2 aliphatic carbocycles. The van der Waals surface area contributed by atoms with E-state index in [1.54, 1.807) is 30.5 Å². The lowest BCUT2D eigenvalue weighted by atomic mass is 9.69. The Bertz CT molecular complexity index is 1770. The average Bonchev–Trinajstić information content (AvgIpc) is 3.48. The number of hydrogen-bond acceptors (Lipinski definition) is 7. The molecule has 2 aromatic carbocycles. The van der Waals surface area contributed by atoms with Crippen molar-refractivity contribution in [3.05, 3.63) is 47.9 Å². The van der Waals surface area contributed by atoms with Crippen molar-refractivity contribution in [2.75, 3.05) is 47.0 Å². The number of sulfonamides is 1. The molecule has 14 heteroatoms. The molecular weight excluding hydrogens is 609 g/mol. The monoisotopic (exact) mass is 644 g/mol. The molecule has 2 aliphatic heterocycles. The van der Waals surface area contributed by atoms with Crippen LogP contribution in [0.5, 0.6) is 0 Å². The van der Waals surface area contributed by atoms with Gasteiger partial charge in [0.05, 0.1) is 41.0 Å². The van der Waals surface area contributed by atoms with Gasteiger partial charge in [0.2, 0.25) is 21.9 Å². The van der Waals surface area contributed by atoms with Crippen LogP contribution in [0.2, 0.25) is 0 Å². The third-order valence-corrected chi connectivity index (χ3v) is 11.5. The summed E-state index contributed by atoms with van der Waals surface area (Å²) < 4.78 is 72.5. The van der Waals surface area contributed by atoms with Crippen LogP contribution in [0.15, 0.2) is 36.5 Å². The Hall–Kier alpha value is -3.65. The average molecular weight is 645 g/mol. The van der Waals surface area contributed by atoms with Gasteiger partial charge in [-0.3, -0.25) is 9.52 Å². The zero-order valence-electron chi connectivity index (χ0n) is 24.9. The maximum absolute atomic E-state index is 15.6. The van der Waals surface area contributed by atoms with Gasteiger partial charge in [-0.2, -0.15) is 0 Å². The van der Waals surface area contributed by atoms with E-state index in [0.29, 0.717) is 33.6 Å². The van der Waals surface area contributed by atoms with E-state index in [0.717, 1.165) is 31.6 Å². The van der Waals surface area contributed by atoms with E-state index in [9.17, 15) is 22.0 Å². The van der Waals surface area contributed by atoms with E-state index in [-0.39, 0.29) is 24.4 Å². The number of hydrogen-bond donors (Lipinski definition) is 2. The van der Waals surface area contributed by atoms with Crippen molar-refractivity contribution in [1.29, 1.82) is 0 Å². The molecule has 0 atom stereocenters. The molecule has 2 N–H and O–H groups in total. The van der Waals surface area contributed by atoms with Gasteiger partial charge in [0.25, 0.3) is 0 Å². The Morgan fingerprint density at radius 2 is 1.71 bits per heavy atom. The fraction of sp³-hybridized carbons (Fsp3) is 0.516. The first kappa shape index (κ1) is 30.0. The molecule has 0 unspecified atom stereocenters. The quantitative estimate of drug-likeness (QED) is 0.386. The number of anilines is 3. The first-order valence-corrected chi connectivity index (χ1v) is 16.9. The second-order valence-electron chi connectivity index (χ2n) is 13.0. The summed E-state index contributed by atoms with van der Waals surface area (Å²) >= 11 is 0. The number of alkyl halides is 2. The van der Waals surface area contributed by atoms with Crippen LogP contribution in [0.4, 0.5) is 30.2 Å². The summed E-state index contributed by atoms with van der Waals surface area (Å²) in [6.07, 6.45) is 5.13. The zero-order chi connectivity index (χ0) is 31.8. The molecule has 0 radical (unpaired) electrons. The summed E-state index contributed by atoms with van der Waals surface area (Å²) in [5.74, 6) is -4.31. The van der Waals surface area contributed by atoms with Gasteiger partial charge < -0.3 is 14.9 Å². The van der Waals surface area contributed by atoms with Gasteiger partial charge in [-0.1, -0.05) is 5.21 Å². The number of piperidine rings is 1.